The van der Waals surface area contributed by atoms with Gasteiger partial charge in [0.1, 0.15) is 0 Å². The molecule has 5 atom stereocenters. The number of carbonyl (C=O) groups is 1. The highest BCUT2D eigenvalue weighted by atomic mass is 19.3. The van der Waals surface area contributed by atoms with Crippen molar-refractivity contribution >= 4 is 16.8 Å². The predicted octanol–water partition coefficient (Wildman–Crippen LogP) is 2.88. The highest BCUT2D eigenvalue weighted by molar-refractivity contribution is 6.07. The number of alkyl halides is 2. The number of amides is 1. The minimum Gasteiger partial charge on any atom is -0.350 e. The summed E-state index contributed by atoms with van der Waals surface area (Å²) in [6, 6.07) is 7.25. The maximum absolute atomic E-state index is 13.7. The maximum atomic E-state index is 13.7. The van der Waals surface area contributed by atoms with Crippen molar-refractivity contribution in [3.8, 4) is 0 Å². The van der Waals surface area contributed by atoms with Gasteiger partial charge in [-0.05, 0) is 43.7 Å². The fraction of sp³-hybridized carbons (Fsp3) is 0.542. The van der Waals surface area contributed by atoms with E-state index in [-0.39, 0.29) is 30.1 Å². The number of hydrazine groups is 2. The second-order valence-electron chi connectivity index (χ2n) is 9.82. The van der Waals surface area contributed by atoms with Gasteiger partial charge in [-0.2, -0.15) is 5.12 Å². The normalized spacial score (nSPS) is 32.0. The number of rotatable bonds is 3. The summed E-state index contributed by atoms with van der Waals surface area (Å²) in [4.78, 5) is 15.8. The number of hydrogen-bond acceptors (Lipinski definition) is 5. The number of fused-ring (bicyclic) bond motifs is 6. The molecule has 1 aromatic heterocycles. The Bertz CT molecular complexity index is 1120. The Kier molecular flexibility index (Phi) is 4.97. The van der Waals surface area contributed by atoms with Gasteiger partial charge in [-0.15, -0.1) is 0 Å². The number of hydrogen-bond donors (Lipinski definition) is 2. The van der Waals surface area contributed by atoms with Crippen LogP contribution in [0.5, 0.6) is 0 Å². The number of aromatic nitrogens is 1. The molecule has 1 aromatic carbocycles. The topological polar surface area (TPSA) is 55.8 Å². The Morgan fingerprint density at radius 1 is 1.12 bits per heavy atom. The molecule has 2 aromatic rings. The first-order valence-corrected chi connectivity index (χ1v) is 11.8. The highest BCUT2D eigenvalue weighted by Crippen LogP contribution is 2.44. The van der Waals surface area contributed by atoms with Crippen LogP contribution in [-0.4, -0.2) is 63.9 Å². The Labute approximate surface area is 191 Å². The van der Waals surface area contributed by atoms with E-state index in [0.29, 0.717) is 6.54 Å². The molecule has 5 heterocycles. The van der Waals surface area contributed by atoms with Crippen molar-refractivity contribution in [3.05, 3.63) is 47.8 Å². The summed E-state index contributed by atoms with van der Waals surface area (Å²) >= 11 is 0. The minimum absolute atomic E-state index is 0.0903. The van der Waals surface area contributed by atoms with Gasteiger partial charge >= 0.3 is 0 Å². The van der Waals surface area contributed by atoms with Crippen LogP contribution < -0.4 is 10.7 Å². The van der Waals surface area contributed by atoms with Gasteiger partial charge < -0.3 is 9.47 Å². The van der Waals surface area contributed by atoms with Gasteiger partial charge in [0.05, 0.1) is 11.6 Å². The molecule has 2 unspecified atom stereocenters. The first kappa shape index (κ1) is 21.1. The zero-order valence-corrected chi connectivity index (χ0v) is 18.9. The number of carbonyl (C=O) groups excluding carboxylic acids is 1. The molecule has 0 spiro atoms. The van der Waals surface area contributed by atoms with Crippen LogP contribution in [0.25, 0.3) is 10.9 Å². The average Bonchev–Trinajstić information content (AvgIpc) is 2.93. The third-order valence-corrected chi connectivity index (χ3v) is 8.00. The smallest absolute Gasteiger partial charge is 0.257 e. The molecule has 1 aliphatic carbocycles. The second-order valence-corrected chi connectivity index (χ2v) is 9.82. The largest absolute Gasteiger partial charge is 0.350 e. The zero-order valence-electron chi connectivity index (χ0n) is 18.9. The van der Waals surface area contributed by atoms with Crippen molar-refractivity contribution in [3.63, 3.8) is 0 Å². The van der Waals surface area contributed by atoms with E-state index in [0.717, 1.165) is 47.8 Å². The number of aryl methyl sites for hydroxylation is 1. The molecular weight excluding hydrogens is 426 g/mol. The van der Waals surface area contributed by atoms with Crippen molar-refractivity contribution in [1.82, 2.24) is 30.3 Å². The summed E-state index contributed by atoms with van der Waals surface area (Å²) in [5.74, 6) is 0.517. The molecule has 5 aliphatic rings. The van der Waals surface area contributed by atoms with E-state index in [2.05, 4.69) is 20.7 Å². The fourth-order valence-electron chi connectivity index (χ4n) is 6.37. The molecule has 2 N–H and O–H groups in total. The lowest BCUT2D eigenvalue weighted by atomic mass is 9.82. The number of halogens is 2. The standard InChI is InChI=1S/C24H30F2N6O/c1-29-13-18(17-5-3-4-6-20(17)29)23(33)31-12-14-7-8-15(31)9-10-16(14)21-11-19(22(25)26)27-24-28-30(2)32(21)24/h3-6,11,13-16,19,22,24,27-28H,7-10,12H2,1-2H3/t14-,15+,16-,19?,24?/m0/s1. The van der Waals surface area contributed by atoms with Gasteiger partial charge in [0.25, 0.3) is 12.3 Å². The van der Waals surface area contributed by atoms with E-state index in [1.165, 1.54) is 0 Å². The van der Waals surface area contributed by atoms with Crippen LogP contribution >= 0.6 is 0 Å². The van der Waals surface area contributed by atoms with Crippen molar-refractivity contribution < 1.29 is 13.6 Å². The number of allylic oxidation sites excluding steroid dienone is 1. The van der Waals surface area contributed by atoms with Crippen molar-refractivity contribution in [1.29, 1.82) is 0 Å². The Morgan fingerprint density at radius 2 is 1.91 bits per heavy atom. The van der Waals surface area contributed by atoms with Gasteiger partial charge in [-0.25, -0.2) is 14.2 Å². The third-order valence-electron chi connectivity index (χ3n) is 8.00. The first-order chi connectivity index (χ1) is 15.9. The average molecular weight is 457 g/mol. The van der Waals surface area contributed by atoms with E-state index >= 15 is 0 Å². The molecule has 3 saturated heterocycles. The van der Waals surface area contributed by atoms with E-state index in [1.807, 2.05) is 54.2 Å². The van der Waals surface area contributed by atoms with Crippen molar-refractivity contribution in [2.24, 2.45) is 18.9 Å². The van der Waals surface area contributed by atoms with Crippen LogP contribution in [-0.2, 0) is 7.05 Å². The molecule has 4 aliphatic heterocycles. The second kappa shape index (κ2) is 7.78. The van der Waals surface area contributed by atoms with Gasteiger partial charge in [0.2, 0.25) is 0 Å². The Morgan fingerprint density at radius 3 is 2.70 bits per heavy atom. The molecule has 0 radical (unpaired) electrons. The number of nitrogens with zero attached hydrogens (tertiary/aromatic N) is 4. The summed E-state index contributed by atoms with van der Waals surface area (Å²) < 4.78 is 29.2. The molecule has 7 rings (SSSR count). The summed E-state index contributed by atoms with van der Waals surface area (Å²) in [5.41, 5.74) is 5.90. The minimum atomic E-state index is -2.46. The number of nitrogens with one attached hydrogen (secondary N) is 2. The lowest BCUT2D eigenvalue weighted by Crippen LogP contribution is -2.79. The van der Waals surface area contributed by atoms with Gasteiger partial charge in [0, 0.05) is 55.4 Å². The number of benzene rings is 1. The molecule has 1 saturated carbocycles. The first-order valence-electron chi connectivity index (χ1n) is 11.8. The summed E-state index contributed by atoms with van der Waals surface area (Å²) in [7, 11) is 3.87. The molecule has 176 valence electrons. The Hall–Kier alpha value is -2.49. The molecule has 33 heavy (non-hydrogen) atoms. The van der Waals surface area contributed by atoms with Gasteiger partial charge in [0.15, 0.2) is 6.29 Å². The molecule has 9 heteroatoms. The third kappa shape index (κ3) is 3.28. The lowest BCUT2D eigenvalue weighted by Gasteiger charge is -2.57. The molecule has 7 nitrogen and oxygen atoms in total. The van der Waals surface area contributed by atoms with E-state index in [9.17, 15) is 13.6 Å². The predicted molar refractivity (Wildman–Crippen MR) is 121 cm³/mol. The van der Waals surface area contributed by atoms with Crippen molar-refractivity contribution in [2.75, 3.05) is 13.6 Å². The van der Waals surface area contributed by atoms with Crippen LogP contribution in [0.3, 0.4) is 0 Å². The van der Waals surface area contributed by atoms with Crippen LogP contribution in [0.15, 0.2) is 42.2 Å². The fourth-order valence-corrected chi connectivity index (χ4v) is 6.37. The molecule has 4 fully saturated rings. The summed E-state index contributed by atoms with van der Waals surface area (Å²) in [6.07, 6.45) is 4.71. The quantitative estimate of drug-likeness (QED) is 0.744. The number of piperidine rings is 1. The van der Waals surface area contributed by atoms with Gasteiger partial charge in [-0.1, -0.05) is 18.2 Å². The van der Waals surface area contributed by atoms with E-state index in [4.69, 9.17) is 0 Å². The Balaban J connectivity index is 1.30. The van der Waals surface area contributed by atoms with Crippen LogP contribution in [0.2, 0.25) is 0 Å². The molecule has 1 amide bonds. The number of para-hydroxylation sites is 1. The summed E-state index contributed by atoms with van der Waals surface area (Å²) in [6.45, 7) is 0.678. The van der Waals surface area contributed by atoms with Crippen molar-refractivity contribution in [2.45, 2.75) is 50.5 Å². The molecule has 2 bridgehead atoms. The highest BCUT2D eigenvalue weighted by Gasteiger charge is 2.48. The monoisotopic (exact) mass is 456 g/mol. The summed E-state index contributed by atoms with van der Waals surface area (Å²) in [5, 5.41) is 7.86. The zero-order chi connectivity index (χ0) is 22.9. The van der Waals surface area contributed by atoms with E-state index < -0.39 is 12.5 Å². The van der Waals surface area contributed by atoms with Crippen LogP contribution in [0, 0.1) is 11.8 Å². The van der Waals surface area contributed by atoms with E-state index in [1.54, 1.807) is 6.08 Å². The lowest BCUT2D eigenvalue weighted by molar-refractivity contribution is -0.218. The molecular formula is C24H30F2N6O. The SMILES string of the molecule is CN1NC2NC(C(F)F)C=C([C@H]3CC[C@H]4CC[C@H]3CN4C(=O)c3cn(C)c4ccccc34)N21. The van der Waals surface area contributed by atoms with Crippen LogP contribution in [0.4, 0.5) is 8.78 Å². The van der Waals surface area contributed by atoms with Gasteiger partial charge in [-0.3, -0.25) is 15.1 Å². The maximum Gasteiger partial charge on any atom is 0.257 e. The van der Waals surface area contributed by atoms with Crippen LogP contribution in [0.1, 0.15) is 36.0 Å².